The number of hydrogen-bond acceptors (Lipinski definition) is 14. The number of rotatable bonds is 92. The van der Waals surface area contributed by atoms with Crippen LogP contribution in [0.25, 0.3) is 0 Å². The average molecular weight is 1710 g/mol. The van der Waals surface area contributed by atoms with E-state index in [1.807, 2.05) is 0 Å². The maximum Gasteiger partial charge on any atom is 0.472 e. The van der Waals surface area contributed by atoms with Crippen LogP contribution in [-0.4, -0.2) is 95.9 Å². The zero-order valence-corrected chi connectivity index (χ0v) is 77.8. The van der Waals surface area contributed by atoms with Gasteiger partial charge in [-0.1, -0.05) is 411 Å². The molecule has 0 bridgehead atoms. The Morgan fingerprint density at radius 2 is 0.462 bits per heavy atom. The molecule has 5 atom stereocenters. The summed E-state index contributed by atoms with van der Waals surface area (Å²) in [4.78, 5) is 58.9. The Morgan fingerprint density at radius 3 is 0.739 bits per heavy atom. The Labute approximate surface area is 728 Å². The van der Waals surface area contributed by atoms with Crippen molar-refractivity contribution in [2.45, 2.75) is 450 Å². The lowest BCUT2D eigenvalue weighted by Crippen LogP contribution is -2.30. The molecule has 0 radical (unpaired) electrons. The van der Waals surface area contributed by atoms with Gasteiger partial charge < -0.3 is 34.2 Å². The molecule has 4 N–H and O–H groups in total. The number of aliphatic hydroxyl groups excluding tert-OH is 2. The number of ether oxygens (including phenoxy) is 3. The molecule has 5 unspecified atom stereocenters. The summed E-state index contributed by atoms with van der Waals surface area (Å²) < 4.78 is 61.4. The first kappa shape index (κ1) is 115. The van der Waals surface area contributed by atoms with E-state index in [1.54, 1.807) is 0 Å². The highest BCUT2D eigenvalue weighted by Crippen LogP contribution is 2.45. The van der Waals surface area contributed by atoms with Gasteiger partial charge in [-0.05, 0) is 135 Å². The van der Waals surface area contributed by atoms with Crippen LogP contribution in [0, 0.1) is 0 Å². The largest absolute Gasteiger partial charge is 0.472 e. The van der Waals surface area contributed by atoms with Gasteiger partial charge in [-0.3, -0.25) is 32.5 Å². The molecule has 0 aliphatic rings. The van der Waals surface area contributed by atoms with Crippen molar-refractivity contribution in [2.24, 2.45) is 0 Å². The highest BCUT2D eigenvalue weighted by Gasteiger charge is 2.30. The smallest absolute Gasteiger partial charge is 0.463 e. The zero-order valence-electron chi connectivity index (χ0n) is 76.0. The van der Waals surface area contributed by atoms with E-state index in [4.69, 9.17) is 32.3 Å². The van der Waals surface area contributed by atoms with Gasteiger partial charge in [0.15, 0.2) is 6.10 Å². The number of esters is 3. The van der Waals surface area contributed by atoms with Gasteiger partial charge in [0.2, 0.25) is 0 Å². The molecular formula is C101H178O16P2. The number of aliphatic hydroxyl groups is 2. The first-order chi connectivity index (χ1) is 58.2. The van der Waals surface area contributed by atoms with Crippen LogP contribution in [0.5, 0.6) is 0 Å². The fourth-order valence-electron chi connectivity index (χ4n) is 13.5. The molecule has 0 fully saturated rings. The lowest BCUT2D eigenvalue weighted by molar-refractivity contribution is -0.161. The van der Waals surface area contributed by atoms with Crippen molar-refractivity contribution < 1.29 is 75.8 Å². The molecule has 0 aromatic carbocycles. The third kappa shape index (κ3) is 94.2. The SMILES string of the molecule is CC/C=C\C/C=C\C/C=C\C/C=C\C/C=C\CCCCCCCCCCCCCCCCCCCCCC(=O)OCC(O)COP(=O)(O)OCC(O)COP(=O)(O)OCC(COC(=O)CCCCCCCCCCCCCCCCCCCCC/C=C\C/C=C\C/C=C\C/C=C\CCCCC)OC(=O)CCCCCCC/C=C\C/C=C\CCC. The highest BCUT2D eigenvalue weighted by molar-refractivity contribution is 7.47. The van der Waals surface area contributed by atoms with Crippen molar-refractivity contribution in [3.05, 3.63) is 134 Å². The van der Waals surface area contributed by atoms with Gasteiger partial charge >= 0.3 is 33.6 Å². The Balaban J connectivity index is 4.33. The third-order valence-corrected chi connectivity index (χ3v) is 22.7. The Morgan fingerprint density at radius 1 is 0.244 bits per heavy atom. The average Bonchev–Trinajstić information content (AvgIpc) is 0.893. The van der Waals surface area contributed by atoms with Gasteiger partial charge in [-0.15, -0.1) is 0 Å². The molecule has 0 saturated heterocycles. The van der Waals surface area contributed by atoms with E-state index >= 15 is 0 Å². The minimum atomic E-state index is -4.94. The first-order valence-electron chi connectivity index (χ1n) is 48.5. The maximum absolute atomic E-state index is 13.0. The molecule has 0 aromatic heterocycles. The van der Waals surface area contributed by atoms with Crippen LogP contribution in [0.1, 0.15) is 432 Å². The van der Waals surface area contributed by atoms with Gasteiger partial charge in [0.05, 0.1) is 26.4 Å². The second-order valence-corrected chi connectivity index (χ2v) is 35.4. The van der Waals surface area contributed by atoms with Gasteiger partial charge in [0.25, 0.3) is 0 Å². The molecule has 0 heterocycles. The van der Waals surface area contributed by atoms with E-state index in [9.17, 15) is 43.5 Å². The van der Waals surface area contributed by atoms with Crippen LogP contribution in [0.4, 0.5) is 0 Å². The van der Waals surface area contributed by atoms with Crippen molar-refractivity contribution >= 4 is 33.6 Å². The van der Waals surface area contributed by atoms with Gasteiger partial charge in [0, 0.05) is 19.3 Å². The predicted molar refractivity (Wildman–Crippen MR) is 500 cm³/mol. The van der Waals surface area contributed by atoms with E-state index < -0.39 is 91.5 Å². The van der Waals surface area contributed by atoms with E-state index in [-0.39, 0.29) is 19.3 Å². The van der Waals surface area contributed by atoms with Crippen molar-refractivity contribution in [2.75, 3.05) is 39.6 Å². The monoisotopic (exact) mass is 1710 g/mol. The number of carbonyl (C=O) groups excluding carboxylic acids is 3. The number of allylic oxidation sites excluding steroid dienone is 22. The Kier molecular flexibility index (Phi) is 89.5. The molecular weight excluding hydrogens is 1530 g/mol. The Bertz CT molecular complexity index is 2690. The normalized spacial score (nSPS) is 14.3. The minimum Gasteiger partial charge on any atom is -0.463 e. The standard InChI is InChI=1S/C101H178O16P2/c1-4-7-10-13-16-19-22-25-27-29-31-33-35-37-39-41-43-45-47-49-51-53-55-57-59-61-63-65-67-70-72-75-78-81-84-87-99(104)111-90-96(102)91-113-118(107,108)114-92-97(103)93-115-119(109,110)116-95-98(117-101(106)89-86-83-80-77-74-69-24-21-18-15-12-9-6-3)94-112-100(105)88-85-82-79-76-73-71-68-66-64-62-60-58-56-54-52-50-48-46-44-42-40-38-36-34-32-30-28-26-23-20-17-14-11-8-5-2/h7,10,12,15-17,19-21,24-28,31-34,37-40,96-98,102-103H,4-6,8-9,11,13-14,18,22-23,29-30,35-36,41-95H2,1-3H3,(H,107,108)(H,109,110)/b10-7-,15-12-,19-16-,20-17-,24-21-,27-25-,28-26-,33-31-,34-32-,39-37-,40-38-. The minimum absolute atomic E-state index is 0.0897. The predicted octanol–water partition coefficient (Wildman–Crippen LogP) is 30.1. The topological polar surface area (TPSA) is 231 Å². The second kappa shape index (κ2) is 92.9. The summed E-state index contributed by atoms with van der Waals surface area (Å²) >= 11 is 0. The van der Waals surface area contributed by atoms with E-state index in [0.29, 0.717) is 19.3 Å². The summed E-state index contributed by atoms with van der Waals surface area (Å²) in [6.45, 7) is 2.52. The maximum atomic E-state index is 13.0. The van der Waals surface area contributed by atoms with Gasteiger partial charge in [0.1, 0.15) is 25.4 Å². The number of unbranched alkanes of at least 4 members (excludes halogenated alkanes) is 47. The zero-order chi connectivity index (χ0) is 86.5. The lowest BCUT2D eigenvalue weighted by atomic mass is 10.0. The molecule has 0 saturated carbocycles. The summed E-state index contributed by atoms with van der Waals surface area (Å²) in [5.74, 6) is -1.57. The number of carbonyl (C=O) groups is 3. The molecule has 0 spiro atoms. The van der Waals surface area contributed by atoms with Gasteiger partial charge in [-0.2, -0.15) is 0 Å². The first-order valence-corrected chi connectivity index (χ1v) is 51.5. The van der Waals surface area contributed by atoms with Crippen molar-refractivity contribution in [1.29, 1.82) is 0 Å². The molecule has 119 heavy (non-hydrogen) atoms. The Hall–Kier alpha value is -4.31. The van der Waals surface area contributed by atoms with Crippen LogP contribution in [0.3, 0.4) is 0 Å². The van der Waals surface area contributed by atoms with Gasteiger partial charge in [-0.25, -0.2) is 9.13 Å². The summed E-state index contributed by atoms with van der Waals surface area (Å²) in [5, 5.41) is 20.7. The third-order valence-electron chi connectivity index (χ3n) is 20.8. The van der Waals surface area contributed by atoms with Crippen molar-refractivity contribution in [1.82, 2.24) is 0 Å². The number of hydrogen-bond donors (Lipinski definition) is 4. The van der Waals surface area contributed by atoms with Crippen molar-refractivity contribution in [3.8, 4) is 0 Å². The summed E-state index contributed by atoms with van der Waals surface area (Å²) in [6.07, 6.45) is 117. The van der Waals surface area contributed by atoms with E-state index in [1.165, 1.54) is 231 Å². The molecule has 0 rings (SSSR count). The van der Waals surface area contributed by atoms with Crippen LogP contribution in [-0.2, 0) is 55.8 Å². The molecule has 688 valence electrons. The molecule has 0 aromatic rings. The fourth-order valence-corrected chi connectivity index (χ4v) is 15.1. The quantitative estimate of drug-likeness (QED) is 0.0146. The van der Waals surface area contributed by atoms with Crippen LogP contribution in [0.15, 0.2) is 134 Å². The summed E-state index contributed by atoms with van der Waals surface area (Å²) in [6, 6.07) is 0. The molecule has 0 aliphatic heterocycles. The molecule has 16 nitrogen and oxygen atoms in total. The van der Waals surface area contributed by atoms with Crippen LogP contribution < -0.4 is 0 Å². The molecule has 0 amide bonds. The van der Waals surface area contributed by atoms with E-state index in [2.05, 4.69) is 154 Å². The number of phosphoric acid groups is 2. The molecule has 18 heteroatoms. The molecule has 0 aliphatic carbocycles. The van der Waals surface area contributed by atoms with Crippen LogP contribution >= 0.6 is 15.6 Å². The van der Waals surface area contributed by atoms with Crippen LogP contribution in [0.2, 0.25) is 0 Å². The fraction of sp³-hybridized carbons (Fsp3) is 0.752. The highest BCUT2D eigenvalue weighted by atomic mass is 31.2. The second-order valence-electron chi connectivity index (χ2n) is 32.5. The lowest BCUT2D eigenvalue weighted by Gasteiger charge is -2.21. The van der Waals surface area contributed by atoms with Crippen molar-refractivity contribution in [3.63, 3.8) is 0 Å². The van der Waals surface area contributed by atoms with E-state index in [0.717, 1.165) is 141 Å². The summed E-state index contributed by atoms with van der Waals surface area (Å²) in [5.41, 5.74) is 0. The summed E-state index contributed by atoms with van der Waals surface area (Å²) in [7, 11) is -9.80. The number of phosphoric ester groups is 2.